The number of imidazole rings is 1. The van der Waals surface area contributed by atoms with Crippen LogP contribution in [0.2, 0.25) is 0 Å². The van der Waals surface area contributed by atoms with Gasteiger partial charge >= 0.3 is 13.3 Å². The number of benzene rings is 2. The lowest BCUT2D eigenvalue weighted by Gasteiger charge is -2.28. The molecule has 0 radical (unpaired) electrons. The molecular weight excluding hydrogens is 526 g/mol. The van der Waals surface area contributed by atoms with E-state index >= 15 is 0 Å². The standard InChI is InChI=1S/C25H23F3N3O6P/c26-17-9-15(1-4-20(17)38(33,34)35)12-31-22-16-2-3-19-23(37-13-36-19)21(16)29-10-18(22)30(24(31)32)11-14-5-7-25(27,28)8-6-14/h1-4,9-10,14H,5-8,11-13H2,(H2,33,34,35). The van der Waals surface area contributed by atoms with E-state index in [9.17, 15) is 32.3 Å². The van der Waals surface area contributed by atoms with Gasteiger partial charge in [0.25, 0.3) is 0 Å². The Kier molecular flexibility index (Phi) is 5.82. The Morgan fingerprint density at radius 1 is 1.11 bits per heavy atom. The Bertz CT molecular complexity index is 1690. The summed E-state index contributed by atoms with van der Waals surface area (Å²) in [5.41, 5.74) is 1.34. The lowest BCUT2D eigenvalue weighted by Crippen LogP contribution is -2.31. The molecule has 0 amide bonds. The van der Waals surface area contributed by atoms with Crippen LogP contribution < -0.4 is 20.5 Å². The lowest BCUT2D eigenvalue weighted by molar-refractivity contribution is -0.0473. The fourth-order valence-electron chi connectivity index (χ4n) is 5.36. The molecule has 2 aromatic heterocycles. The van der Waals surface area contributed by atoms with E-state index in [1.807, 2.05) is 0 Å². The normalized spacial score (nSPS) is 17.5. The number of fused-ring (bicyclic) bond motifs is 5. The van der Waals surface area contributed by atoms with Gasteiger partial charge in [-0.3, -0.25) is 13.7 Å². The summed E-state index contributed by atoms with van der Waals surface area (Å²) < 4.78 is 67.5. The fraction of sp³-hybridized carbons (Fsp3) is 0.360. The molecular formula is C25H23F3N3O6P. The van der Waals surface area contributed by atoms with Crippen LogP contribution in [0.1, 0.15) is 31.2 Å². The van der Waals surface area contributed by atoms with Crippen molar-refractivity contribution < 1.29 is 37.0 Å². The molecule has 3 heterocycles. The second-order valence-electron chi connectivity index (χ2n) is 9.80. The molecule has 0 atom stereocenters. The van der Waals surface area contributed by atoms with Gasteiger partial charge in [-0.25, -0.2) is 22.9 Å². The quantitative estimate of drug-likeness (QED) is 0.363. The van der Waals surface area contributed by atoms with Gasteiger partial charge in [-0.1, -0.05) is 6.07 Å². The van der Waals surface area contributed by atoms with Gasteiger partial charge in [-0.15, -0.1) is 0 Å². The predicted octanol–water partition coefficient (Wildman–Crippen LogP) is 3.90. The maximum Gasteiger partial charge on any atom is 0.359 e. The van der Waals surface area contributed by atoms with Crippen LogP contribution in [-0.2, 0) is 17.7 Å². The van der Waals surface area contributed by atoms with E-state index < -0.39 is 30.3 Å². The summed E-state index contributed by atoms with van der Waals surface area (Å²) in [6.07, 6.45) is 1.62. The number of rotatable bonds is 5. The molecule has 0 saturated heterocycles. The van der Waals surface area contributed by atoms with E-state index in [0.29, 0.717) is 39.0 Å². The minimum Gasteiger partial charge on any atom is -0.454 e. The van der Waals surface area contributed by atoms with E-state index in [4.69, 9.17) is 9.47 Å². The average Bonchev–Trinajstić information content (AvgIpc) is 3.43. The van der Waals surface area contributed by atoms with Crippen molar-refractivity contribution >= 4 is 34.8 Å². The molecule has 0 spiro atoms. The fourth-order valence-corrected chi connectivity index (χ4v) is 5.97. The molecule has 0 bridgehead atoms. The van der Waals surface area contributed by atoms with Crippen molar-refractivity contribution in [2.45, 2.75) is 44.7 Å². The number of hydrogen-bond acceptors (Lipinski definition) is 5. The van der Waals surface area contributed by atoms with Crippen LogP contribution in [0, 0.1) is 11.7 Å². The van der Waals surface area contributed by atoms with E-state index in [0.717, 1.165) is 12.1 Å². The first-order valence-electron chi connectivity index (χ1n) is 12.0. The second kappa shape index (κ2) is 8.86. The van der Waals surface area contributed by atoms with E-state index in [2.05, 4.69) is 4.98 Å². The van der Waals surface area contributed by atoms with Gasteiger partial charge in [-0.05, 0) is 48.6 Å². The number of nitrogens with zero attached hydrogens (tertiary/aromatic N) is 3. The first-order chi connectivity index (χ1) is 18.0. The molecule has 2 aromatic carbocycles. The SMILES string of the molecule is O=c1n(CC2CCC(F)(F)CC2)c2cnc3c4c(ccc3c2n1Cc1ccc(P(=O)(O)O)c(F)c1)OCO4. The molecule has 2 N–H and O–H groups in total. The summed E-state index contributed by atoms with van der Waals surface area (Å²) >= 11 is 0. The Morgan fingerprint density at radius 2 is 1.87 bits per heavy atom. The molecule has 13 heteroatoms. The Hall–Kier alpha value is -3.34. The molecule has 4 aromatic rings. The first-order valence-corrected chi connectivity index (χ1v) is 13.7. The van der Waals surface area contributed by atoms with Crippen molar-refractivity contribution in [3.8, 4) is 11.5 Å². The number of hydrogen-bond donors (Lipinski definition) is 2. The van der Waals surface area contributed by atoms with Gasteiger partial charge in [0.1, 0.15) is 11.3 Å². The van der Waals surface area contributed by atoms with Gasteiger partial charge in [0.15, 0.2) is 11.5 Å². The Morgan fingerprint density at radius 3 is 2.58 bits per heavy atom. The lowest BCUT2D eigenvalue weighted by atomic mass is 9.87. The van der Waals surface area contributed by atoms with E-state index in [1.54, 1.807) is 12.1 Å². The van der Waals surface area contributed by atoms with Crippen molar-refractivity contribution in [1.82, 2.24) is 14.1 Å². The van der Waals surface area contributed by atoms with Crippen molar-refractivity contribution in [3.05, 3.63) is 58.4 Å². The maximum absolute atomic E-state index is 14.6. The van der Waals surface area contributed by atoms with Crippen LogP contribution >= 0.6 is 7.60 Å². The summed E-state index contributed by atoms with van der Waals surface area (Å²) in [6, 6.07) is 6.81. The maximum atomic E-state index is 14.6. The molecule has 1 aliphatic carbocycles. The van der Waals surface area contributed by atoms with Crippen LogP contribution in [0.25, 0.3) is 21.9 Å². The van der Waals surface area contributed by atoms with Crippen LogP contribution in [0.3, 0.4) is 0 Å². The van der Waals surface area contributed by atoms with Gasteiger partial charge in [0.2, 0.25) is 12.7 Å². The van der Waals surface area contributed by atoms with E-state index in [-0.39, 0.29) is 51.5 Å². The molecule has 200 valence electrons. The highest BCUT2D eigenvalue weighted by atomic mass is 31.2. The number of pyridine rings is 1. The minimum absolute atomic E-state index is 0.0273. The highest BCUT2D eigenvalue weighted by Crippen LogP contribution is 2.41. The highest BCUT2D eigenvalue weighted by Gasteiger charge is 2.35. The van der Waals surface area contributed by atoms with Crippen molar-refractivity contribution in [3.63, 3.8) is 0 Å². The molecule has 0 unspecified atom stereocenters. The third-order valence-corrected chi connectivity index (χ3v) is 8.28. The second-order valence-corrected chi connectivity index (χ2v) is 11.4. The Labute approximate surface area is 213 Å². The van der Waals surface area contributed by atoms with Gasteiger partial charge in [0.05, 0.1) is 29.1 Å². The third kappa shape index (κ3) is 4.26. The zero-order valence-electron chi connectivity index (χ0n) is 19.9. The number of halogens is 3. The summed E-state index contributed by atoms with van der Waals surface area (Å²) in [6.45, 7) is 0.151. The largest absolute Gasteiger partial charge is 0.454 e. The van der Waals surface area contributed by atoms with Crippen molar-refractivity contribution in [1.29, 1.82) is 0 Å². The van der Waals surface area contributed by atoms with Gasteiger partial charge in [0, 0.05) is 24.8 Å². The van der Waals surface area contributed by atoms with Crippen LogP contribution in [0.15, 0.2) is 41.3 Å². The van der Waals surface area contributed by atoms with Crippen LogP contribution in [-0.4, -0.2) is 36.6 Å². The average molecular weight is 549 g/mol. The van der Waals surface area contributed by atoms with Gasteiger partial charge in [-0.2, -0.15) is 0 Å². The third-order valence-electron chi connectivity index (χ3n) is 7.29. The molecule has 9 nitrogen and oxygen atoms in total. The van der Waals surface area contributed by atoms with E-state index in [1.165, 1.54) is 21.4 Å². The molecule has 6 rings (SSSR count). The molecule has 38 heavy (non-hydrogen) atoms. The minimum atomic E-state index is -4.81. The zero-order valence-corrected chi connectivity index (χ0v) is 20.8. The van der Waals surface area contributed by atoms with Gasteiger partial charge < -0.3 is 19.3 Å². The van der Waals surface area contributed by atoms with Crippen LogP contribution in [0.4, 0.5) is 13.2 Å². The van der Waals surface area contributed by atoms with Crippen molar-refractivity contribution in [2.75, 3.05) is 6.79 Å². The Balaban J connectivity index is 1.49. The summed E-state index contributed by atoms with van der Waals surface area (Å²) in [4.78, 5) is 37.0. The molecule has 1 fully saturated rings. The molecule has 2 aliphatic rings. The molecule has 1 saturated carbocycles. The summed E-state index contributed by atoms with van der Waals surface area (Å²) in [5, 5.41) is -0.141. The summed E-state index contributed by atoms with van der Waals surface area (Å²) in [7, 11) is -4.81. The first kappa shape index (κ1) is 25.0. The van der Waals surface area contributed by atoms with Crippen molar-refractivity contribution in [2.24, 2.45) is 5.92 Å². The monoisotopic (exact) mass is 549 g/mol. The summed E-state index contributed by atoms with van der Waals surface area (Å²) in [5.74, 6) is -2.96. The number of ether oxygens (including phenoxy) is 2. The number of aromatic nitrogens is 3. The van der Waals surface area contributed by atoms with Crippen LogP contribution in [0.5, 0.6) is 11.5 Å². The topological polar surface area (TPSA) is 116 Å². The smallest absolute Gasteiger partial charge is 0.359 e. The molecule has 1 aliphatic heterocycles. The number of alkyl halides is 2. The predicted molar refractivity (Wildman–Crippen MR) is 132 cm³/mol. The zero-order chi connectivity index (χ0) is 26.8. The highest BCUT2D eigenvalue weighted by molar-refractivity contribution is 7.60.